The van der Waals surface area contributed by atoms with Crippen LogP contribution in [-0.4, -0.2) is 16.2 Å². The second kappa shape index (κ2) is 6.10. The Morgan fingerprint density at radius 1 is 1.45 bits per heavy atom. The number of H-pyrrole nitrogens is 1. The molecule has 2 heterocycles. The average Bonchev–Trinajstić information content (AvgIpc) is 3.17. The lowest BCUT2D eigenvalue weighted by Crippen LogP contribution is -2.32. The van der Waals surface area contributed by atoms with Gasteiger partial charge in [0.25, 0.3) is 0 Å². The van der Waals surface area contributed by atoms with Gasteiger partial charge < -0.3 is 5.32 Å². The molecule has 3 unspecified atom stereocenters. The Hall–Kier alpha value is -1.13. The van der Waals surface area contributed by atoms with E-state index in [1.165, 1.54) is 35.4 Å². The lowest BCUT2D eigenvalue weighted by molar-refractivity contribution is 0.344. The summed E-state index contributed by atoms with van der Waals surface area (Å²) in [6.45, 7) is 5.62. The van der Waals surface area contributed by atoms with Crippen LogP contribution in [0.4, 0.5) is 0 Å². The SMILES string of the molecule is CCC1CCC(NCc2cn[nH]c2-c2cccs2)C1C. The molecule has 2 N–H and O–H groups in total. The average molecular weight is 289 g/mol. The van der Waals surface area contributed by atoms with Crippen LogP contribution >= 0.6 is 11.3 Å². The maximum Gasteiger partial charge on any atom is 0.0794 e. The molecule has 0 spiro atoms. The lowest BCUT2D eigenvalue weighted by atomic mass is 9.93. The van der Waals surface area contributed by atoms with Crippen molar-refractivity contribution in [1.82, 2.24) is 15.5 Å². The van der Waals surface area contributed by atoms with Gasteiger partial charge >= 0.3 is 0 Å². The summed E-state index contributed by atoms with van der Waals surface area (Å²) in [7, 11) is 0. The van der Waals surface area contributed by atoms with E-state index in [1.54, 1.807) is 11.3 Å². The van der Waals surface area contributed by atoms with E-state index in [4.69, 9.17) is 0 Å². The zero-order valence-corrected chi connectivity index (χ0v) is 13.0. The molecule has 0 aromatic carbocycles. The Kier molecular flexibility index (Phi) is 4.22. The van der Waals surface area contributed by atoms with Gasteiger partial charge in [-0.05, 0) is 36.1 Å². The maximum absolute atomic E-state index is 4.22. The first-order chi connectivity index (χ1) is 9.79. The van der Waals surface area contributed by atoms with Gasteiger partial charge in [-0.2, -0.15) is 5.10 Å². The molecule has 2 aromatic rings. The van der Waals surface area contributed by atoms with Crippen LogP contribution in [0.1, 0.15) is 38.7 Å². The van der Waals surface area contributed by atoms with Gasteiger partial charge in [-0.3, -0.25) is 5.10 Å². The third kappa shape index (κ3) is 2.67. The van der Waals surface area contributed by atoms with E-state index in [2.05, 4.69) is 46.9 Å². The zero-order valence-electron chi connectivity index (χ0n) is 12.2. The molecule has 20 heavy (non-hydrogen) atoms. The highest BCUT2D eigenvalue weighted by atomic mass is 32.1. The Morgan fingerprint density at radius 2 is 2.35 bits per heavy atom. The fraction of sp³-hybridized carbons (Fsp3) is 0.562. The van der Waals surface area contributed by atoms with Crippen molar-refractivity contribution in [2.75, 3.05) is 0 Å². The van der Waals surface area contributed by atoms with Gasteiger partial charge in [-0.1, -0.05) is 26.3 Å². The monoisotopic (exact) mass is 289 g/mol. The molecule has 1 aliphatic rings. The second-order valence-corrected chi connectivity index (χ2v) is 6.79. The summed E-state index contributed by atoms with van der Waals surface area (Å²) in [5, 5.41) is 13.2. The summed E-state index contributed by atoms with van der Waals surface area (Å²) in [6, 6.07) is 4.89. The summed E-state index contributed by atoms with van der Waals surface area (Å²) in [4.78, 5) is 1.27. The molecule has 3 atom stereocenters. The van der Waals surface area contributed by atoms with Crippen LogP contribution in [0, 0.1) is 11.8 Å². The molecule has 3 nitrogen and oxygen atoms in total. The number of nitrogens with one attached hydrogen (secondary N) is 2. The molecule has 1 fully saturated rings. The molecule has 108 valence electrons. The van der Waals surface area contributed by atoms with Crippen LogP contribution in [0.15, 0.2) is 23.7 Å². The van der Waals surface area contributed by atoms with Gasteiger partial charge in [0.15, 0.2) is 0 Å². The molecule has 1 aliphatic carbocycles. The van der Waals surface area contributed by atoms with Gasteiger partial charge in [0.1, 0.15) is 0 Å². The number of hydrogen-bond donors (Lipinski definition) is 2. The third-order valence-corrected chi connectivity index (χ3v) is 5.68. The van der Waals surface area contributed by atoms with Crippen LogP contribution in [0.25, 0.3) is 10.6 Å². The summed E-state index contributed by atoms with van der Waals surface area (Å²) in [6.07, 6.45) is 5.95. The minimum Gasteiger partial charge on any atom is -0.310 e. The van der Waals surface area contributed by atoms with Crippen molar-refractivity contribution in [3.05, 3.63) is 29.3 Å². The van der Waals surface area contributed by atoms with Crippen molar-refractivity contribution in [2.45, 2.75) is 45.7 Å². The fourth-order valence-corrected chi connectivity index (χ4v) is 4.19. The van der Waals surface area contributed by atoms with Crippen LogP contribution < -0.4 is 5.32 Å². The number of aromatic nitrogens is 2. The maximum atomic E-state index is 4.22. The smallest absolute Gasteiger partial charge is 0.0794 e. The quantitative estimate of drug-likeness (QED) is 0.871. The molecule has 0 radical (unpaired) electrons. The molecule has 2 aromatic heterocycles. The van der Waals surface area contributed by atoms with E-state index >= 15 is 0 Å². The molecule has 4 heteroatoms. The van der Waals surface area contributed by atoms with E-state index in [-0.39, 0.29) is 0 Å². The van der Waals surface area contributed by atoms with Crippen LogP contribution in [0.3, 0.4) is 0 Å². The van der Waals surface area contributed by atoms with Gasteiger partial charge in [0, 0.05) is 18.2 Å². The number of nitrogens with zero attached hydrogens (tertiary/aromatic N) is 1. The van der Waals surface area contributed by atoms with E-state index < -0.39 is 0 Å². The fourth-order valence-electron chi connectivity index (χ4n) is 3.43. The predicted molar refractivity (Wildman–Crippen MR) is 84.7 cm³/mol. The normalized spacial score (nSPS) is 26.2. The summed E-state index contributed by atoms with van der Waals surface area (Å²) in [5.41, 5.74) is 2.45. The Bertz CT molecular complexity index is 532. The lowest BCUT2D eigenvalue weighted by Gasteiger charge is -2.21. The minimum absolute atomic E-state index is 0.658. The molecule has 0 saturated heterocycles. The van der Waals surface area contributed by atoms with Crippen LogP contribution in [-0.2, 0) is 6.54 Å². The van der Waals surface area contributed by atoms with Crippen LogP contribution in [0.2, 0.25) is 0 Å². The third-order valence-electron chi connectivity index (χ3n) is 4.79. The number of hydrogen-bond acceptors (Lipinski definition) is 3. The summed E-state index contributed by atoms with van der Waals surface area (Å²) < 4.78 is 0. The van der Waals surface area contributed by atoms with Gasteiger partial charge in [-0.15, -0.1) is 11.3 Å². The molecule has 0 amide bonds. The van der Waals surface area contributed by atoms with E-state index in [9.17, 15) is 0 Å². The first-order valence-electron chi connectivity index (χ1n) is 7.59. The number of rotatable bonds is 5. The molecule has 1 saturated carbocycles. The van der Waals surface area contributed by atoms with Crippen molar-refractivity contribution in [1.29, 1.82) is 0 Å². The molecular weight excluding hydrogens is 266 g/mol. The predicted octanol–water partition coefficient (Wildman–Crippen LogP) is 4.05. The van der Waals surface area contributed by atoms with Crippen molar-refractivity contribution in [2.24, 2.45) is 11.8 Å². The Labute approximate surface area is 124 Å². The first kappa shape index (κ1) is 13.8. The largest absolute Gasteiger partial charge is 0.310 e. The Morgan fingerprint density at radius 3 is 3.05 bits per heavy atom. The summed E-state index contributed by atoms with van der Waals surface area (Å²) >= 11 is 1.76. The standard InChI is InChI=1S/C16H23N3S/c1-3-12-6-7-14(11(12)2)17-9-13-10-18-19-16(13)15-5-4-8-20-15/h4-5,8,10-12,14,17H,3,6-7,9H2,1-2H3,(H,18,19). The first-order valence-corrected chi connectivity index (χ1v) is 8.47. The topological polar surface area (TPSA) is 40.7 Å². The van der Waals surface area contributed by atoms with Gasteiger partial charge in [-0.25, -0.2) is 0 Å². The van der Waals surface area contributed by atoms with Crippen molar-refractivity contribution in [3.8, 4) is 10.6 Å². The van der Waals surface area contributed by atoms with Gasteiger partial charge in [0.05, 0.1) is 16.8 Å². The summed E-state index contributed by atoms with van der Waals surface area (Å²) in [5.74, 6) is 1.69. The number of thiophene rings is 1. The van der Waals surface area contributed by atoms with Crippen LogP contribution in [0.5, 0.6) is 0 Å². The van der Waals surface area contributed by atoms with E-state index in [0.29, 0.717) is 6.04 Å². The van der Waals surface area contributed by atoms with Crippen molar-refractivity contribution < 1.29 is 0 Å². The number of aromatic amines is 1. The highest BCUT2D eigenvalue weighted by Gasteiger charge is 2.31. The Balaban J connectivity index is 1.64. The highest BCUT2D eigenvalue weighted by molar-refractivity contribution is 7.13. The molecule has 0 bridgehead atoms. The van der Waals surface area contributed by atoms with Gasteiger partial charge in [0.2, 0.25) is 0 Å². The zero-order chi connectivity index (χ0) is 13.9. The molecular formula is C16H23N3S. The second-order valence-electron chi connectivity index (χ2n) is 5.84. The van der Waals surface area contributed by atoms with E-state index in [0.717, 1.165) is 18.4 Å². The van der Waals surface area contributed by atoms with Crippen molar-refractivity contribution >= 4 is 11.3 Å². The minimum atomic E-state index is 0.658. The van der Waals surface area contributed by atoms with Crippen molar-refractivity contribution in [3.63, 3.8) is 0 Å². The van der Waals surface area contributed by atoms with E-state index in [1.807, 2.05) is 6.20 Å². The highest BCUT2D eigenvalue weighted by Crippen LogP contribution is 2.34. The molecule has 3 rings (SSSR count). The molecule has 0 aliphatic heterocycles.